The number of carbonyl (C=O) groups excluding carboxylic acids is 2. The summed E-state index contributed by atoms with van der Waals surface area (Å²) in [5.41, 5.74) is 1.07. The standard InChI is InChI=1S/C15H25BN2O4/c1-9(2)17-7-8-18(10(3)4)15(17)16-11(13(19)21-5)12(16)14(20)22-6/h7-12,16H,1-6H3/t11-,12-/m0/s1. The van der Waals surface area contributed by atoms with Crippen LogP contribution in [0.15, 0.2) is 12.4 Å². The molecule has 2 heterocycles. The minimum atomic E-state index is -1.17. The highest BCUT2D eigenvalue weighted by Gasteiger charge is 2.57. The van der Waals surface area contributed by atoms with E-state index < -0.39 is 6.71 Å². The van der Waals surface area contributed by atoms with Gasteiger partial charge in [0.25, 0.3) is 11.9 Å². The zero-order valence-corrected chi connectivity index (χ0v) is 14.2. The van der Waals surface area contributed by atoms with Gasteiger partial charge in [-0.05, 0) is 27.7 Å². The lowest BCUT2D eigenvalue weighted by Crippen LogP contribution is -2.56. The van der Waals surface area contributed by atoms with Crippen molar-refractivity contribution < 1.29 is 23.6 Å². The van der Waals surface area contributed by atoms with Crippen LogP contribution in [-0.4, -0.2) is 37.4 Å². The summed E-state index contributed by atoms with van der Waals surface area (Å²) in [6.07, 6.45) is 4.04. The largest absolute Gasteiger partial charge is 0.471 e. The number of rotatable bonds is 5. The molecule has 0 amide bonds. The molecule has 1 saturated heterocycles. The predicted octanol–water partition coefficient (Wildman–Crippen LogP) is 0.471. The van der Waals surface area contributed by atoms with E-state index in [1.165, 1.54) is 14.2 Å². The maximum atomic E-state index is 12.0. The fourth-order valence-electron chi connectivity index (χ4n) is 3.59. The molecule has 2 rings (SSSR count). The zero-order chi connectivity index (χ0) is 16.6. The molecule has 1 aliphatic heterocycles. The molecular formula is C15H25BN2O4. The molecule has 0 saturated carbocycles. The quantitative estimate of drug-likeness (QED) is 0.451. The highest BCUT2D eigenvalue weighted by atomic mass is 16.5. The smallest absolute Gasteiger partial charge is 0.271 e. The lowest BCUT2D eigenvalue weighted by atomic mass is 9.63. The molecule has 0 radical (unpaired) electrons. The number of carbonyl (C=O) groups is 2. The van der Waals surface area contributed by atoms with Gasteiger partial charge in [-0.2, -0.15) is 0 Å². The van der Waals surface area contributed by atoms with Crippen LogP contribution in [0.25, 0.3) is 0 Å². The van der Waals surface area contributed by atoms with Gasteiger partial charge in [0.15, 0.2) is 0 Å². The van der Waals surface area contributed by atoms with Gasteiger partial charge in [0.1, 0.15) is 19.1 Å². The Morgan fingerprint density at radius 2 is 1.64 bits per heavy atom. The van der Waals surface area contributed by atoms with Crippen LogP contribution in [0.2, 0.25) is 11.6 Å². The number of imidazole rings is 1. The molecule has 2 atom stereocenters. The van der Waals surface area contributed by atoms with Crippen LogP contribution in [0.1, 0.15) is 39.8 Å². The van der Waals surface area contributed by atoms with E-state index in [1.54, 1.807) is 0 Å². The minimum absolute atomic E-state index is 0.264. The third-order valence-corrected chi connectivity index (χ3v) is 4.70. The van der Waals surface area contributed by atoms with Gasteiger partial charge in [0.2, 0.25) is 0 Å². The van der Waals surface area contributed by atoms with Crippen molar-refractivity contribution in [3.63, 3.8) is 0 Å². The third-order valence-electron chi connectivity index (χ3n) is 4.70. The highest BCUT2D eigenvalue weighted by Crippen LogP contribution is 2.50. The molecule has 1 aromatic heterocycles. The van der Waals surface area contributed by atoms with Gasteiger partial charge in [-0.25, -0.2) is 0 Å². The number of methoxy groups -OCH3 is 2. The van der Waals surface area contributed by atoms with Crippen LogP contribution in [0.3, 0.4) is 0 Å². The SMILES string of the molecule is COC(=O)[C@H]1[BH-](c2n(C(C)C)cc[n+]2C(C)C)[C@@H]1C(=O)OC. The summed E-state index contributed by atoms with van der Waals surface area (Å²) in [6, 6.07) is 0.527. The minimum Gasteiger partial charge on any atom is -0.471 e. The monoisotopic (exact) mass is 308 g/mol. The van der Waals surface area contributed by atoms with Gasteiger partial charge in [-0.15, -0.1) is 0 Å². The number of hydrogen-bond donors (Lipinski definition) is 0. The van der Waals surface area contributed by atoms with Gasteiger partial charge < -0.3 is 9.47 Å². The first-order valence-electron chi connectivity index (χ1n) is 7.84. The van der Waals surface area contributed by atoms with Gasteiger partial charge in [-0.1, -0.05) is 11.6 Å². The number of esters is 2. The summed E-state index contributed by atoms with van der Waals surface area (Å²) in [5.74, 6) is -1.39. The van der Waals surface area contributed by atoms with Gasteiger partial charge in [0, 0.05) is 0 Å². The first-order valence-corrected chi connectivity index (χ1v) is 7.84. The molecule has 0 N–H and O–H groups in total. The molecule has 22 heavy (non-hydrogen) atoms. The van der Waals surface area contributed by atoms with E-state index in [2.05, 4.69) is 36.8 Å². The first kappa shape index (κ1) is 16.6. The van der Waals surface area contributed by atoms with Crippen molar-refractivity contribution >= 4 is 24.4 Å². The number of hydrogen-bond acceptors (Lipinski definition) is 4. The van der Waals surface area contributed by atoms with Gasteiger partial charge in [0.05, 0.1) is 32.0 Å². The predicted molar refractivity (Wildman–Crippen MR) is 83.7 cm³/mol. The van der Waals surface area contributed by atoms with Crippen LogP contribution >= 0.6 is 0 Å². The summed E-state index contributed by atoms with van der Waals surface area (Å²) in [4.78, 5) is 24.1. The van der Waals surface area contributed by atoms with E-state index in [-0.39, 0.29) is 35.7 Å². The molecule has 1 fully saturated rings. The molecule has 0 aliphatic carbocycles. The second-order valence-corrected chi connectivity index (χ2v) is 6.62. The summed E-state index contributed by atoms with van der Waals surface area (Å²) < 4.78 is 14.1. The van der Waals surface area contributed by atoms with Crippen LogP contribution in [0, 0.1) is 0 Å². The Labute approximate surface area is 131 Å². The lowest BCUT2D eigenvalue weighted by molar-refractivity contribution is -0.699. The molecule has 1 aliphatic rings. The van der Waals surface area contributed by atoms with E-state index in [9.17, 15) is 9.59 Å². The van der Waals surface area contributed by atoms with Crippen molar-refractivity contribution in [1.82, 2.24) is 4.57 Å². The van der Waals surface area contributed by atoms with Crippen LogP contribution < -0.4 is 10.3 Å². The van der Waals surface area contributed by atoms with E-state index in [0.29, 0.717) is 0 Å². The Kier molecular flexibility index (Phi) is 4.63. The maximum absolute atomic E-state index is 12.0. The van der Waals surface area contributed by atoms with Crippen LogP contribution in [-0.2, 0) is 19.1 Å². The molecule has 0 bridgehead atoms. The molecule has 6 nitrogen and oxygen atoms in total. The fraction of sp³-hybridized carbons (Fsp3) is 0.667. The Hall–Kier alpha value is -1.79. The summed E-state index contributed by atoms with van der Waals surface area (Å²) in [7, 11) is 2.73. The molecule has 1 aromatic rings. The van der Waals surface area contributed by atoms with Crippen molar-refractivity contribution in [2.75, 3.05) is 14.2 Å². The van der Waals surface area contributed by atoms with Crippen molar-refractivity contribution in [3.05, 3.63) is 12.4 Å². The lowest BCUT2D eigenvalue weighted by Gasteiger charge is -2.14. The van der Waals surface area contributed by atoms with E-state index in [1.807, 2.05) is 12.4 Å². The average Bonchev–Trinajstić information content (AvgIpc) is 3.05. The van der Waals surface area contributed by atoms with Crippen LogP contribution in [0.5, 0.6) is 0 Å². The Morgan fingerprint density at radius 3 is 2.00 bits per heavy atom. The second-order valence-electron chi connectivity index (χ2n) is 6.62. The number of aromatic nitrogens is 2. The van der Waals surface area contributed by atoms with E-state index in [4.69, 9.17) is 9.47 Å². The summed E-state index contributed by atoms with van der Waals surface area (Å²) in [6.45, 7) is 7.20. The van der Waals surface area contributed by atoms with E-state index >= 15 is 0 Å². The Bertz CT molecular complexity index is 535. The summed E-state index contributed by atoms with van der Waals surface area (Å²) in [5, 5.41) is 0. The average molecular weight is 308 g/mol. The number of nitrogens with zero attached hydrogens (tertiary/aromatic N) is 2. The molecular weight excluding hydrogens is 283 g/mol. The molecule has 0 unspecified atom stereocenters. The zero-order valence-electron chi connectivity index (χ0n) is 14.2. The second kappa shape index (κ2) is 6.14. The molecule has 0 spiro atoms. The third kappa shape index (κ3) is 2.64. The van der Waals surface area contributed by atoms with Crippen molar-refractivity contribution in [2.45, 2.75) is 51.4 Å². The van der Waals surface area contributed by atoms with E-state index in [0.717, 1.165) is 5.72 Å². The Balaban J connectivity index is 2.47. The highest BCUT2D eigenvalue weighted by molar-refractivity contribution is 6.91. The maximum Gasteiger partial charge on any atom is 0.271 e. The molecule has 122 valence electrons. The van der Waals surface area contributed by atoms with Gasteiger partial charge in [-0.3, -0.25) is 18.7 Å². The summed E-state index contributed by atoms with van der Waals surface area (Å²) >= 11 is 0. The normalized spacial score (nSPS) is 23.7. The van der Waals surface area contributed by atoms with Crippen molar-refractivity contribution in [1.29, 1.82) is 0 Å². The number of ether oxygens (including phenoxy) is 2. The van der Waals surface area contributed by atoms with Crippen LogP contribution in [0.4, 0.5) is 0 Å². The fourth-order valence-corrected chi connectivity index (χ4v) is 3.59. The molecule has 7 heteroatoms. The Morgan fingerprint density at radius 1 is 1.14 bits per heavy atom. The topological polar surface area (TPSA) is 61.4 Å². The van der Waals surface area contributed by atoms with Crippen molar-refractivity contribution in [2.24, 2.45) is 0 Å². The molecule has 0 aromatic carbocycles. The van der Waals surface area contributed by atoms with Crippen molar-refractivity contribution in [3.8, 4) is 0 Å². The van der Waals surface area contributed by atoms with Gasteiger partial charge >= 0.3 is 0 Å². The first-order chi connectivity index (χ1) is 10.3.